The van der Waals surface area contributed by atoms with Crippen LogP contribution in [0.5, 0.6) is 0 Å². The molecule has 0 bridgehead atoms. The molecule has 1 aromatic carbocycles. The highest BCUT2D eigenvalue weighted by molar-refractivity contribution is 7.89. The van der Waals surface area contributed by atoms with E-state index in [1.807, 2.05) is 35.8 Å². The molecule has 0 amide bonds. The van der Waals surface area contributed by atoms with Crippen molar-refractivity contribution >= 4 is 31.6 Å². The Morgan fingerprint density at radius 3 is 2.75 bits per heavy atom. The van der Waals surface area contributed by atoms with Crippen molar-refractivity contribution in [1.82, 2.24) is 0 Å². The highest BCUT2D eigenvalue weighted by atomic mass is 32.2. The van der Waals surface area contributed by atoms with Gasteiger partial charge < -0.3 is 0 Å². The molecule has 0 unspecified atom stereocenters. The van der Waals surface area contributed by atoms with Crippen LogP contribution < -0.4 is 9.71 Å². The molecular formula is C10H13N2O2S2+. The summed E-state index contributed by atoms with van der Waals surface area (Å²) in [6, 6.07) is 7.94. The van der Waals surface area contributed by atoms with Crippen molar-refractivity contribution in [1.29, 1.82) is 0 Å². The first kappa shape index (κ1) is 11.5. The zero-order valence-corrected chi connectivity index (χ0v) is 10.5. The van der Waals surface area contributed by atoms with E-state index in [1.165, 1.54) is 0 Å². The van der Waals surface area contributed by atoms with Crippen molar-refractivity contribution in [2.45, 2.75) is 13.5 Å². The van der Waals surface area contributed by atoms with Crippen LogP contribution in [0.25, 0.3) is 10.2 Å². The van der Waals surface area contributed by atoms with E-state index >= 15 is 0 Å². The summed E-state index contributed by atoms with van der Waals surface area (Å²) in [5, 5.41) is 6.10. The van der Waals surface area contributed by atoms with Gasteiger partial charge in [0.15, 0.2) is 6.54 Å². The van der Waals surface area contributed by atoms with Gasteiger partial charge in [-0.1, -0.05) is 23.5 Å². The molecular weight excluding hydrogens is 244 g/mol. The molecule has 0 saturated heterocycles. The normalized spacial score (nSPS) is 12.1. The van der Waals surface area contributed by atoms with Gasteiger partial charge in [0, 0.05) is 13.0 Å². The SMILES string of the molecule is Cc1sc2ccccc2[n+]1CCS(N)(=O)=O. The van der Waals surface area contributed by atoms with Gasteiger partial charge in [-0.15, -0.1) is 0 Å². The maximum atomic E-state index is 10.9. The van der Waals surface area contributed by atoms with Crippen LogP contribution in [0.2, 0.25) is 0 Å². The van der Waals surface area contributed by atoms with E-state index in [1.54, 1.807) is 11.3 Å². The second kappa shape index (κ2) is 4.12. The lowest BCUT2D eigenvalue weighted by Crippen LogP contribution is -2.39. The number of nitrogens with two attached hydrogens (primary N) is 1. The Morgan fingerprint density at radius 2 is 2.06 bits per heavy atom. The van der Waals surface area contributed by atoms with Crippen LogP contribution in [0, 0.1) is 6.92 Å². The quantitative estimate of drug-likeness (QED) is 0.826. The average Bonchev–Trinajstić information content (AvgIpc) is 2.49. The van der Waals surface area contributed by atoms with E-state index in [9.17, 15) is 8.42 Å². The Labute approximate surface area is 98.4 Å². The minimum absolute atomic E-state index is 0.0285. The van der Waals surface area contributed by atoms with E-state index in [4.69, 9.17) is 5.14 Å². The largest absolute Gasteiger partial charge is 0.235 e. The molecule has 0 spiro atoms. The molecule has 2 aromatic rings. The lowest BCUT2D eigenvalue weighted by molar-refractivity contribution is -0.668. The third-order valence-electron chi connectivity index (χ3n) is 2.39. The lowest BCUT2D eigenvalue weighted by Gasteiger charge is -1.95. The standard InChI is InChI=1S/C10H13N2O2S2/c1-8-12(6-7-16(11,13)14)9-4-2-3-5-10(9)15-8/h2-5H,6-7H2,1H3,(H2,11,13,14)/q+1. The highest BCUT2D eigenvalue weighted by Crippen LogP contribution is 2.18. The number of primary sulfonamides is 1. The number of sulfonamides is 1. The molecule has 0 radical (unpaired) electrons. The predicted octanol–water partition coefficient (Wildman–Crippen LogP) is 0.786. The number of nitrogens with zero attached hydrogens (tertiary/aromatic N) is 1. The summed E-state index contributed by atoms with van der Waals surface area (Å²) in [5.74, 6) is -0.0285. The van der Waals surface area contributed by atoms with Crippen molar-refractivity contribution < 1.29 is 13.0 Å². The summed E-state index contributed by atoms with van der Waals surface area (Å²) in [6.45, 7) is 2.39. The highest BCUT2D eigenvalue weighted by Gasteiger charge is 2.18. The molecule has 6 heteroatoms. The third kappa shape index (κ3) is 2.40. The molecule has 0 saturated carbocycles. The number of rotatable bonds is 3. The molecule has 0 fully saturated rings. The van der Waals surface area contributed by atoms with E-state index in [2.05, 4.69) is 0 Å². The Morgan fingerprint density at radius 1 is 1.38 bits per heavy atom. The maximum absolute atomic E-state index is 10.9. The second-order valence-electron chi connectivity index (χ2n) is 3.61. The summed E-state index contributed by atoms with van der Waals surface area (Å²) < 4.78 is 25.0. The van der Waals surface area contributed by atoms with E-state index in [-0.39, 0.29) is 5.75 Å². The molecule has 86 valence electrons. The molecule has 1 heterocycles. The number of aromatic nitrogens is 1. The van der Waals surface area contributed by atoms with Crippen LogP contribution in [0.3, 0.4) is 0 Å². The molecule has 2 rings (SSSR count). The molecule has 0 aliphatic heterocycles. The Balaban J connectivity index is 2.40. The molecule has 0 atom stereocenters. The lowest BCUT2D eigenvalue weighted by atomic mass is 10.3. The smallest absolute Gasteiger partial charge is 0.229 e. The maximum Gasteiger partial charge on any atom is 0.235 e. The zero-order chi connectivity index (χ0) is 11.8. The Kier molecular flexibility index (Phi) is 2.96. The topological polar surface area (TPSA) is 64.0 Å². The van der Waals surface area contributed by atoms with Crippen molar-refractivity contribution in [3.63, 3.8) is 0 Å². The van der Waals surface area contributed by atoms with Crippen molar-refractivity contribution in [3.8, 4) is 0 Å². The van der Waals surface area contributed by atoms with Gasteiger partial charge in [-0.2, -0.15) is 4.57 Å². The van der Waals surface area contributed by atoms with Gasteiger partial charge in [0.05, 0.1) is 0 Å². The van der Waals surface area contributed by atoms with Crippen LogP contribution in [-0.2, 0) is 16.6 Å². The van der Waals surface area contributed by atoms with Gasteiger partial charge in [0.1, 0.15) is 10.5 Å². The van der Waals surface area contributed by atoms with Gasteiger partial charge in [-0.05, 0) is 6.07 Å². The average molecular weight is 257 g/mol. The van der Waals surface area contributed by atoms with Crippen LogP contribution in [0.4, 0.5) is 0 Å². The Bertz CT molecular complexity index is 617. The fourth-order valence-corrected chi connectivity index (χ4v) is 3.13. The first-order chi connectivity index (χ1) is 7.47. The summed E-state index contributed by atoms with van der Waals surface area (Å²) >= 11 is 1.66. The number of thiazole rings is 1. The van der Waals surface area contributed by atoms with E-state index in [0.717, 1.165) is 15.2 Å². The van der Waals surface area contributed by atoms with Gasteiger partial charge in [0.25, 0.3) is 0 Å². The van der Waals surface area contributed by atoms with E-state index in [0.29, 0.717) is 6.54 Å². The Hall–Kier alpha value is -0.980. The summed E-state index contributed by atoms with van der Waals surface area (Å²) in [6.07, 6.45) is 0. The van der Waals surface area contributed by atoms with Crippen LogP contribution in [0.15, 0.2) is 24.3 Å². The first-order valence-corrected chi connectivity index (χ1v) is 7.39. The van der Waals surface area contributed by atoms with Gasteiger partial charge >= 0.3 is 0 Å². The number of para-hydroxylation sites is 1. The van der Waals surface area contributed by atoms with E-state index < -0.39 is 10.0 Å². The van der Waals surface area contributed by atoms with Gasteiger partial charge in [0.2, 0.25) is 20.5 Å². The molecule has 16 heavy (non-hydrogen) atoms. The number of fused-ring (bicyclic) bond motifs is 1. The van der Waals surface area contributed by atoms with Gasteiger partial charge in [-0.3, -0.25) is 0 Å². The number of benzene rings is 1. The van der Waals surface area contributed by atoms with Crippen LogP contribution in [-0.4, -0.2) is 14.2 Å². The first-order valence-electron chi connectivity index (χ1n) is 4.86. The van der Waals surface area contributed by atoms with Gasteiger partial charge in [-0.25, -0.2) is 13.6 Å². The summed E-state index contributed by atoms with van der Waals surface area (Å²) in [4.78, 5) is 0. The summed E-state index contributed by atoms with van der Waals surface area (Å²) in [7, 11) is -3.40. The number of hydrogen-bond acceptors (Lipinski definition) is 3. The zero-order valence-electron chi connectivity index (χ0n) is 8.88. The molecule has 2 N–H and O–H groups in total. The minimum atomic E-state index is -3.40. The second-order valence-corrected chi connectivity index (χ2v) is 6.58. The monoisotopic (exact) mass is 257 g/mol. The number of aryl methyl sites for hydroxylation is 2. The van der Waals surface area contributed by atoms with Crippen molar-refractivity contribution in [2.75, 3.05) is 5.75 Å². The van der Waals surface area contributed by atoms with Crippen LogP contribution >= 0.6 is 11.3 Å². The molecule has 4 nitrogen and oxygen atoms in total. The summed E-state index contributed by atoms with van der Waals surface area (Å²) in [5.41, 5.74) is 1.06. The minimum Gasteiger partial charge on any atom is -0.229 e. The van der Waals surface area contributed by atoms with Crippen molar-refractivity contribution in [3.05, 3.63) is 29.3 Å². The van der Waals surface area contributed by atoms with Crippen molar-refractivity contribution in [2.24, 2.45) is 5.14 Å². The molecule has 1 aromatic heterocycles. The third-order valence-corrected chi connectivity index (χ3v) is 4.23. The fourth-order valence-electron chi connectivity index (χ4n) is 1.65. The number of hydrogen-bond donors (Lipinski definition) is 1. The van der Waals surface area contributed by atoms with Crippen LogP contribution in [0.1, 0.15) is 5.01 Å². The molecule has 0 aliphatic carbocycles. The fraction of sp³-hybridized carbons (Fsp3) is 0.300. The predicted molar refractivity (Wildman–Crippen MR) is 64.7 cm³/mol. The molecule has 0 aliphatic rings.